The van der Waals surface area contributed by atoms with Crippen molar-refractivity contribution in [3.8, 4) is 0 Å². The zero-order valence-electron chi connectivity index (χ0n) is 10.7. The van der Waals surface area contributed by atoms with Crippen molar-refractivity contribution in [2.24, 2.45) is 11.1 Å². The highest BCUT2D eigenvalue weighted by Gasteiger charge is 2.25. The minimum absolute atomic E-state index is 0.0444. The first-order chi connectivity index (χ1) is 8.26. The maximum atomic E-state index is 11.9. The van der Waals surface area contributed by atoms with E-state index in [0.717, 1.165) is 6.07 Å². The Balaban J connectivity index is 2.77. The van der Waals surface area contributed by atoms with Gasteiger partial charge in [0, 0.05) is 13.6 Å². The van der Waals surface area contributed by atoms with Gasteiger partial charge in [-0.1, -0.05) is 13.8 Å². The van der Waals surface area contributed by atoms with Crippen molar-refractivity contribution < 1.29 is 14.1 Å². The molecule has 1 aromatic heterocycles. The van der Waals surface area contributed by atoms with E-state index >= 15 is 0 Å². The van der Waals surface area contributed by atoms with Crippen LogP contribution in [0, 0.1) is 15.5 Å². The van der Waals surface area contributed by atoms with Crippen LogP contribution in [0.4, 0.5) is 5.88 Å². The molecule has 1 amide bonds. The Bertz CT molecular complexity index is 453. The Morgan fingerprint density at radius 3 is 2.61 bits per heavy atom. The minimum atomic E-state index is -0.680. The number of carbonyl (C=O) groups excluding carboxylic acids is 1. The quantitative estimate of drug-likeness (QED) is 0.630. The molecule has 0 radical (unpaired) electrons. The summed E-state index contributed by atoms with van der Waals surface area (Å²) >= 11 is 0. The Morgan fingerprint density at radius 1 is 1.56 bits per heavy atom. The Kier molecular flexibility index (Phi) is 4.07. The molecule has 1 aromatic rings. The van der Waals surface area contributed by atoms with Crippen molar-refractivity contribution in [2.45, 2.75) is 13.8 Å². The number of nitrogens with zero attached hydrogens (tertiary/aromatic N) is 2. The van der Waals surface area contributed by atoms with Crippen LogP contribution in [0.25, 0.3) is 0 Å². The Morgan fingerprint density at radius 2 is 2.17 bits per heavy atom. The van der Waals surface area contributed by atoms with Gasteiger partial charge in [-0.25, -0.2) is 0 Å². The molecule has 0 aliphatic carbocycles. The molecule has 0 fully saturated rings. The van der Waals surface area contributed by atoms with Gasteiger partial charge in [-0.3, -0.25) is 14.9 Å². The molecule has 0 bridgehead atoms. The number of furan rings is 1. The molecule has 0 unspecified atom stereocenters. The average molecular weight is 255 g/mol. The van der Waals surface area contributed by atoms with Gasteiger partial charge in [-0.05, 0) is 18.0 Å². The highest BCUT2D eigenvalue weighted by atomic mass is 16.6. The second kappa shape index (κ2) is 5.18. The predicted molar refractivity (Wildman–Crippen MR) is 65.2 cm³/mol. The largest absolute Gasteiger partial charge is 0.433 e. The fourth-order valence-corrected chi connectivity index (χ4v) is 1.51. The SMILES string of the molecule is CN(CC(C)(C)CN)C(=O)c1ccc([N+](=O)[O-])o1. The summed E-state index contributed by atoms with van der Waals surface area (Å²) in [5, 5.41) is 10.5. The molecule has 7 nitrogen and oxygen atoms in total. The first kappa shape index (κ1) is 14.2. The average Bonchev–Trinajstić information content (AvgIpc) is 2.76. The lowest BCUT2D eigenvalue weighted by Crippen LogP contribution is -2.39. The van der Waals surface area contributed by atoms with Gasteiger partial charge >= 0.3 is 5.88 Å². The number of hydrogen-bond acceptors (Lipinski definition) is 5. The summed E-state index contributed by atoms with van der Waals surface area (Å²) in [4.78, 5) is 23.2. The van der Waals surface area contributed by atoms with Crippen LogP contribution < -0.4 is 5.73 Å². The van der Waals surface area contributed by atoms with E-state index in [2.05, 4.69) is 0 Å². The summed E-state index contributed by atoms with van der Waals surface area (Å²) < 4.78 is 4.85. The molecule has 0 aromatic carbocycles. The number of nitro groups is 1. The summed E-state index contributed by atoms with van der Waals surface area (Å²) in [6.45, 7) is 4.74. The van der Waals surface area contributed by atoms with Gasteiger partial charge in [0.1, 0.15) is 4.92 Å². The zero-order valence-corrected chi connectivity index (χ0v) is 10.7. The van der Waals surface area contributed by atoms with Gasteiger partial charge < -0.3 is 15.1 Å². The minimum Gasteiger partial charge on any atom is -0.395 e. The third-order valence-corrected chi connectivity index (χ3v) is 2.55. The van der Waals surface area contributed by atoms with Crippen LogP contribution in [0.5, 0.6) is 0 Å². The van der Waals surface area contributed by atoms with Crippen molar-refractivity contribution in [3.63, 3.8) is 0 Å². The van der Waals surface area contributed by atoms with E-state index in [9.17, 15) is 14.9 Å². The molecule has 0 spiro atoms. The molecule has 1 rings (SSSR count). The van der Waals surface area contributed by atoms with Crippen LogP contribution in [0.1, 0.15) is 24.4 Å². The zero-order chi connectivity index (χ0) is 13.9. The van der Waals surface area contributed by atoms with Gasteiger partial charge in [0.2, 0.25) is 0 Å². The van der Waals surface area contributed by atoms with Crippen LogP contribution in [-0.2, 0) is 0 Å². The fourth-order valence-electron chi connectivity index (χ4n) is 1.51. The second-order valence-electron chi connectivity index (χ2n) is 4.92. The maximum absolute atomic E-state index is 11.9. The molecular formula is C11H17N3O4. The first-order valence-electron chi connectivity index (χ1n) is 5.46. The predicted octanol–water partition coefficient (Wildman–Crippen LogP) is 1.24. The molecule has 7 heteroatoms. The second-order valence-corrected chi connectivity index (χ2v) is 4.92. The first-order valence-corrected chi connectivity index (χ1v) is 5.46. The van der Waals surface area contributed by atoms with Crippen molar-refractivity contribution in [2.75, 3.05) is 20.1 Å². The number of hydrogen-bond donors (Lipinski definition) is 1. The molecule has 0 saturated heterocycles. The summed E-state index contributed by atoms with van der Waals surface area (Å²) in [5.74, 6) is -0.883. The summed E-state index contributed by atoms with van der Waals surface area (Å²) in [6.07, 6.45) is 0. The molecule has 0 aliphatic heterocycles. The van der Waals surface area contributed by atoms with Gasteiger partial charge in [0.15, 0.2) is 5.76 Å². The number of amides is 1. The highest BCUT2D eigenvalue weighted by molar-refractivity contribution is 5.91. The van der Waals surface area contributed by atoms with E-state index in [1.54, 1.807) is 7.05 Å². The fraction of sp³-hybridized carbons (Fsp3) is 0.545. The van der Waals surface area contributed by atoms with Gasteiger partial charge in [-0.2, -0.15) is 0 Å². The number of nitrogens with two attached hydrogens (primary N) is 1. The normalized spacial score (nSPS) is 11.3. The van der Waals surface area contributed by atoms with Crippen LogP contribution in [0.2, 0.25) is 0 Å². The van der Waals surface area contributed by atoms with Crippen LogP contribution >= 0.6 is 0 Å². The molecule has 1 heterocycles. The van der Waals surface area contributed by atoms with Crippen LogP contribution in [0.15, 0.2) is 16.5 Å². The lowest BCUT2D eigenvalue weighted by molar-refractivity contribution is -0.402. The smallest absolute Gasteiger partial charge is 0.395 e. The van der Waals surface area contributed by atoms with E-state index in [0.29, 0.717) is 13.1 Å². The molecule has 0 saturated carbocycles. The maximum Gasteiger partial charge on any atom is 0.433 e. The molecule has 2 N–H and O–H groups in total. The van der Waals surface area contributed by atoms with Crippen molar-refractivity contribution >= 4 is 11.8 Å². The molecule has 0 atom stereocenters. The van der Waals surface area contributed by atoms with Gasteiger partial charge in [0.25, 0.3) is 5.91 Å². The van der Waals surface area contributed by atoms with E-state index < -0.39 is 16.7 Å². The van der Waals surface area contributed by atoms with E-state index in [1.807, 2.05) is 13.8 Å². The van der Waals surface area contributed by atoms with Gasteiger partial charge in [0.05, 0.1) is 6.07 Å². The van der Waals surface area contributed by atoms with Crippen LogP contribution in [-0.4, -0.2) is 35.9 Å². The summed E-state index contributed by atoms with van der Waals surface area (Å²) in [7, 11) is 1.61. The van der Waals surface area contributed by atoms with Gasteiger partial charge in [-0.15, -0.1) is 0 Å². The standard InChI is InChI=1S/C11H17N3O4/c1-11(2,6-12)7-13(3)10(15)8-4-5-9(18-8)14(16)17/h4-5H,6-7,12H2,1-3H3. The molecular weight excluding hydrogens is 238 g/mol. The third kappa shape index (κ3) is 3.30. The van der Waals surface area contributed by atoms with E-state index in [-0.39, 0.29) is 11.2 Å². The third-order valence-electron chi connectivity index (χ3n) is 2.55. The monoisotopic (exact) mass is 255 g/mol. The van der Waals surface area contributed by atoms with E-state index in [4.69, 9.17) is 10.2 Å². The Labute approximate surface area is 105 Å². The lowest BCUT2D eigenvalue weighted by atomic mass is 9.93. The Hall–Kier alpha value is -1.89. The molecule has 0 aliphatic rings. The summed E-state index contributed by atoms with van der Waals surface area (Å²) in [5.41, 5.74) is 5.37. The molecule has 100 valence electrons. The highest BCUT2D eigenvalue weighted by Crippen LogP contribution is 2.19. The van der Waals surface area contributed by atoms with Crippen molar-refractivity contribution in [1.29, 1.82) is 0 Å². The topological polar surface area (TPSA) is 103 Å². The lowest BCUT2D eigenvalue weighted by Gasteiger charge is -2.28. The number of rotatable bonds is 5. The van der Waals surface area contributed by atoms with Crippen molar-refractivity contribution in [1.82, 2.24) is 4.90 Å². The molecule has 18 heavy (non-hydrogen) atoms. The van der Waals surface area contributed by atoms with E-state index in [1.165, 1.54) is 11.0 Å². The number of carbonyl (C=O) groups is 1. The van der Waals surface area contributed by atoms with Crippen molar-refractivity contribution in [3.05, 3.63) is 28.0 Å². The van der Waals surface area contributed by atoms with Crippen LogP contribution in [0.3, 0.4) is 0 Å². The summed E-state index contributed by atoms with van der Waals surface area (Å²) in [6, 6.07) is 2.46.